The maximum Gasteiger partial charge on any atom is 0.338 e. The molecule has 1 aliphatic rings. The molecule has 0 atom stereocenters. The number of ketones is 1. The lowest BCUT2D eigenvalue weighted by Gasteiger charge is -2.16. The minimum Gasteiger partial charge on any atom is -0.454 e. The van der Waals surface area contributed by atoms with Crippen molar-refractivity contribution >= 4 is 27.5 Å². The van der Waals surface area contributed by atoms with E-state index in [9.17, 15) is 18.0 Å². The van der Waals surface area contributed by atoms with Gasteiger partial charge in [0, 0.05) is 30.5 Å². The number of hydrogen-bond acceptors (Lipinski definition) is 5. The number of sulfonamides is 1. The van der Waals surface area contributed by atoms with Gasteiger partial charge in [-0.25, -0.2) is 13.2 Å². The molecule has 2 heterocycles. The highest BCUT2D eigenvalue weighted by molar-refractivity contribution is 7.93. The highest BCUT2D eigenvalue weighted by atomic mass is 32.2. The minimum absolute atomic E-state index is 0.136. The van der Waals surface area contributed by atoms with Crippen LogP contribution in [0, 0.1) is 13.8 Å². The normalized spacial score (nSPS) is 15.7. The molecule has 0 N–H and O–H groups in total. The summed E-state index contributed by atoms with van der Waals surface area (Å²) >= 11 is 0. The van der Waals surface area contributed by atoms with Crippen molar-refractivity contribution in [1.29, 1.82) is 0 Å². The van der Waals surface area contributed by atoms with Crippen molar-refractivity contribution in [3.05, 3.63) is 52.8 Å². The number of benzene rings is 1. The van der Waals surface area contributed by atoms with Gasteiger partial charge in [-0.15, -0.1) is 0 Å². The first kappa shape index (κ1) is 19.2. The number of carbonyl (C=O) groups excluding carboxylic acids is 2. The van der Waals surface area contributed by atoms with Crippen LogP contribution in [0.2, 0.25) is 0 Å². The molecule has 1 fully saturated rings. The van der Waals surface area contributed by atoms with Crippen molar-refractivity contribution in [3.8, 4) is 0 Å². The predicted molar refractivity (Wildman–Crippen MR) is 102 cm³/mol. The number of ether oxygens (including phenoxy) is 1. The molecule has 144 valence electrons. The standard InChI is InChI=1S/C19H22N2O5S/c1-13-11-17(14(2)20(13)3)18(22)12-26-19(23)15-5-7-16(8-6-15)21-9-4-10-27(21,24)25/h5-8,11H,4,9-10,12H2,1-3H3. The summed E-state index contributed by atoms with van der Waals surface area (Å²) in [5.74, 6) is -0.745. The molecule has 7 nitrogen and oxygen atoms in total. The molecule has 0 saturated carbocycles. The molecule has 3 rings (SSSR count). The average molecular weight is 390 g/mol. The number of hydrogen-bond donors (Lipinski definition) is 0. The van der Waals surface area contributed by atoms with E-state index in [1.807, 2.05) is 25.5 Å². The molecule has 1 aliphatic heterocycles. The van der Waals surface area contributed by atoms with Crippen LogP contribution in [0.15, 0.2) is 30.3 Å². The molecule has 8 heteroatoms. The van der Waals surface area contributed by atoms with Gasteiger partial charge >= 0.3 is 5.97 Å². The second-order valence-corrected chi connectivity index (χ2v) is 8.64. The van der Waals surface area contributed by atoms with E-state index in [0.717, 1.165) is 11.4 Å². The fraction of sp³-hybridized carbons (Fsp3) is 0.368. The zero-order valence-corrected chi connectivity index (χ0v) is 16.4. The van der Waals surface area contributed by atoms with Crippen LogP contribution in [-0.4, -0.2) is 43.6 Å². The Labute approximate surface area is 158 Å². The highest BCUT2D eigenvalue weighted by Gasteiger charge is 2.28. The Kier molecular flexibility index (Phi) is 5.10. The van der Waals surface area contributed by atoms with Crippen LogP contribution in [0.4, 0.5) is 5.69 Å². The Balaban J connectivity index is 1.64. The molecule has 1 aromatic heterocycles. The fourth-order valence-electron chi connectivity index (χ4n) is 3.12. The highest BCUT2D eigenvalue weighted by Crippen LogP contribution is 2.24. The van der Waals surface area contributed by atoms with E-state index < -0.39 is 16.0 Å². The van der Waals surface area contributed by atoms with Crippen LogP contribution in [0.1, 0.15) is 38.5 Å². The Bertz CT molecular complexity index is 990. The Morgan fingerprint density at radius 3 is 2.33 bits per heavy atom. The van der Waals surface area contributed by atoms with E-state index in [1.165, 1.54) is 16.4 Å². The number of Topliss-reactive ketones (excluding diaryl/α,β-unsaturated/α-hetero) is 1. The molecule has 0 radical (unpaired) electrons. The Hall–Kier alpha value is -2.61. The topological polar surface area (TPSA) is 85.7 Å². The first-order chi connectivity index (χ1) is 12.7. The van der Waals surface area contributed by atoms with Crippen molar-refractivity contribution in [2.75, 3.05) is 23.2 Å². The van der Waals surface area contributed by atoms with Crippen molar-refractivity contribution in [2.45, 2.75) is 20.3 Å². The van der Waals surface area contributed by atoms with Gasteiger partial charge in [-0.3, -0.25) is 9.10 Å². The first-order valence-corrected chi connectivity index (χ1v) is 10.3. The zero-order valence-electron chi connectivity index (χ0n) is 15.6. The van der Waals surface area contributed by atoms with Crippen molar-refractivity contribution in [3.63, 3.8) is 0 Å². The second kappa shape index (κ2) is 7.19. The van der Waals surface area contributed by atoms with Gasteiger partial charge < -0.3 is 9.30 Å². The summed E-state index contributed by atoms with van der Waals surface area (Å²) in [6, 6.07) is 7.94. The van der Waals surface area contributed by atoms with Crippen molar-refractivity contribution < 1.29 is 22.7 Å². The van der Waals surface area contributed by atoms with Gasteiger partial charge in [0.2, 0.25) is 15.8 Å². The summed E-state index contributed by atoms with van der Waals surface area (Å²) in [7, 11) is -1.39. The van der Waals surface area contributed by atoms with Gasteiger partial charge in [0.15, 0.2) is 6.61 Å². The smallest absolute Gasteiger partial charge is 0.338 e. The van der Waals surface area contributed by atoms with E-state index >= 15 is 0 Å². The third kappa shape index (κ3) is 3.75. The lowest BCUT2D eigenvalue weighted by atomic mass is 10.1. The van der Waals surface area contributed by atoms with Gasteiger partial charge in [-0.1, -0.05) is 0 Å². The quantitative estimate of drug-likeness (QED) is 0.577. The number of aryl methyl sites for hydroxylation is 1. The lowest BCUT2D eigenvalue weighted by Crippen LogP contribution is -2.25. The maximum absolute atomic E-state index is 12.3. The molecule has 2 aromatic rings. The summed E-state index contributed by atoms with van der Waals surface area (Å²) in [6.07, 6.45) is 0.590. The van der Waals surface area contributed by atoms with E-state index in [1.54, 1.807) is 18.2 Å². The Morgan fingerprint density at radius 1 is 1.15 bits per heavy atom. The average Bonchev–Trinajstić information content (AvgIpc) is 3.13. The third-order valence-electron chi connectivity index (χ3n) is 4.90. The lowest BCUT2D eigenvalue weighted by molar-refractivity contribution is 0.0474. The number of esters is 1. The second-order valence-electron chi connectivity index (χ2n) is 6.63. The maximum atomic E-state index is 12.3. The summed E-state index contributed by atoms with van der Waals surface area (Å²) in [5.41, 5.74) is 3.11. The molecule has 1 saturated heterocycles. The SMILES string of the molecule is Cc1cc(C(=O)COC(=O)c2ccc(N3CCCS3(=O)=O)cc2)c(C)n1C. The fourth-order valence-corrected chi connectivity index (χ4v) is 4.69. The monoisotopic (exact) mass is 390 g/mol. The van der Waals surface area contributed by atoms with Crippen LogP contribution < -0.4 is 4.31 Å². The number of aromatic nitrogens is 1. The van der Waals surface area contributed by atoms with Gasteiger partial charge in [-0.05, 0) is 50.6 Å². The third-order valence-corrected chi connectivity index (χ3v) is 6.77. The summed E-state index contributed by atoms with van der Waals surface area (Å²) < 4.78 is 32.3. The van der Waals surface area contributed by atoms with Crippen LogP contribution >= 0.6 is 0 Å². The minimum atomic E-state index is -3.26. The zero-order chi connectivity index (χ0) is 19.8. The largest absolute Gasteiger partial charge is 0.454 e. The molecular weight excluding hydrogens is 368 g/mol. The molecule has 1 aromatic carbocycles. The Morgan fingerprint density at radius 2 is 1.81 bits per heavy atom. The van der Waals surface area contributed by atoms with Crippen molar-refractivity contribution in [2.24, 2.45) is 7.05 Å². The van der Waals surface area contributed by atoms with E-state index in [0.29, 0.717) is 24.2 Å². The number of anilines is 1. The van der Waals surface area contributed by atoms with E-state index in [2.05, 4.69) is 0 Å². The number of carbonyl (C=O) groups is 2. The molecule has 27 heavy (non-hydrogen) atoms. The predicted octanol–water partition coefficient (Wildman–Crippen LogP) is 2.22. The van der Waals surface area contributed by atoms with Gasteiger partial charge in [0.25, 0.3) is 0 Å². The van der Waals surface area contributed by atoms with Gasteiger partial charge in [-0.2, -0.15) is 0 Å². The van der Waals surface area contributed by atoms with E-state index in [4.69, 9.17) is 4.74 Å². The molecule has 0 amide bonds. The summed E-state index contributed by atoms with van der Waals surface area (Å²) in [5, 5.41) is 0. The molecule has 0 aliphatic carbocycles. The van der Waals surface area contributed by atoms with Crippen LogP contribution in [0.3, 0.4) is 0 Å². The van der Waals surface area contributed by atoms with Crippen LogP contribution in [0.5, 0.6) is 0 Å². The van der Waals surface area contributed by atoms with Crippen LogP contribution in [-0.2, 0) is 21.8 Å². The summed E-state index contributed by atoms with van der Waals surface area (Å²) in [4.78, 5) is 24.5. The van der Waals surface area contributed by atoms with Crippen LogP contribution in [0.25, 0.3) is 0 Å². The molecule has 0 unspecified atom stereocenters. The van der Waals surface area contributed by atoms with Crippen molar-refractivity contribution in [1.82, 2.24) is 4.57 Å². The molecule has 0 spiro atoms. The van der Waals surface area contributed by atoms with E-state index in [-0.39, 0.29) is 23.7 Å². The number of nitrogens with zero attached hydrogens (tertiary/aromatic N) is 2. The number of rotatable bonds is 5. The first-order valence-electron chi connectivity index (χ1n) is 8.64. The van der Waals surface area contributed by atoms with Gasteiger partial charge in [0.1, 0.15) is 0 Å². The molecule has 0 bridgehead atoms. The molecular formula is C19H22N2O5S. The van der Waals surface area contributed by atoms with Gasteiger partial charge in [0.05, 0.1) is 17.0 Å². The summed E-state index contributed by atoms with van der Waals surface area (Å²) in [6.45, 7) is 3.84.